The number of urea groups is 1. The van der Waals surface area contributed by atoms with Crippen LogP contribution in [0, 0.1) is 0 Å². The van der Waals surface area contributed by atoms with E-state index in [2.05, 4.69) is 5.32 Å². The predicted molar refractivity (Wildman–Crippen MR) is 96.2 cm³/mol. The highest BCUT2D eigenvalue weighted by Crippen LogP contribution is 2.30. The van der Waals surface area contributed by atoms with Crippen molar-refractivity contribution in [3.63, 3.8) is 0 Å². The Morgan fingerprint density at radius 3 is 2.62 bits per heavy atom. The Hall–Kier alpha value is -2.37. The summed E-state index contributed by atoms with van der Waals surface area (Å²) in [5, 5.41) is 2.98. The second-order valence-electron chi connectivity index (χ2n) is 7.54. The molecule has 138 valence electrons. The van der Waals surface area contributed by atoms with Gasteiger partial charge in [0.2, 0.25) is 5.91 Å². The third kappa shape index (κ3) is 3.45. The van der Waals surface area contributed by atoms with E-state index >= 15 is 0 Å². The minimum absolute atomic E-state index is 0.0732. The van der Waals surface area contributed by atoms with Gasteiger partial charge in [-0.25, -0.2) is 4.79 Å². The molecule has 0 aromatic heterocycles. The van der Waals surface area contributed by atoms with Crippen molar-refractivity contribution in [2.45, 2.75) is 63.6 Å². The van der Waals surface area contributed by atoms with Crippen LogP contribution in [0.15, 0.2) is 24.3 Å². The maximum atomic E-state index is 12.7. The molecular weight excluding hydrogens is 330 g/mol. The molecule has 1 saturated carbocycles. The SMILES string of the molecule is O=C(CCCCCN1C(=O)C2Cc3ccccc3CN2C1=O)NC1CC1. The van der Waals surface area contributed by atoms with Crippen LogP contribution in [0.2, 0.25) is 0 Å². The molecular formula is C20H25N3O3. The quantitative estimate of drug-likeness (QED) is 0.602. The molecule has 1 atom stereocenters. The van der Waals surface area contributed by atoms with Crippen molar-refractivity contribution in [1.29, 1.82) is 0 Å². The van der Waals surface area contributed by atoms with Crippen molar-refractivity contribution in [3.8, 4) is 0 Å². The lowest BCUT2D eigenvalue weighted by Gasteiger charge is -2.28. The molecule has 4 amide bonds. The van der Waals surface area contributed by atoms with Crippen molar-refractivity contribution in [2.75, 3.05) is 6.54 Å². The van der Waals surface area contributed by atoms with Gasteiger partial charge in [0.25, 0.3) is 5.91 Å². The van der Waals surface area contributed by atoms with Gasteiger partial charge in [-0.15, -0.1) is 0 Å². The fourth-order valence-electron chi connectivity index (χ4n) is 3.84. The normalized spacial score (nSPS) is 21.6. The first-order valence-electron chi connectivity index (χ1n) is 9.61. The smallest absolute Gasteiger partial charge is 0.327 e. The summed E-state index contributed by atoms with van der Waals surface area (Å²) in [4.78, 5) is 40.1. The average Bonchev–Trinajstić information content (AvgIpc) is 3.42. The topological polar surface area (TPSA) is 69.7 Å². The first-order valence-corrected chi connectivity index (χ1v) is 9.61. The molecule has 0 bridgehead atoms. The highest BCUT2D eigenvalue weighted by molar-refractivity contribution is 6.04. The summed E-state index contributed by atoms with van der Waals surface area (Å²) in [5.41, 5.74) is 2.30. The largest absolute Gasteiger partial charge is 0.353 e. The van der Waals surface area contributed by atoms with Gasteiger partial charge in [-0.05, 0) is 36.8 Å². The van der Waals surface area contributed by atoms with Crippen LogP contribution in [-0.4, -0.2) is 46.3 Å². The Bertz CT molecular complexity index is 686. The van der Waals surface area contributed by atoms with Crippen LogP contribution < -0.4 is 5.32 Å². The van der Waals surface area contributed by atoms with Crippen LogP contribution in [0.4, 0.5) is 4.79 Å². The van der Waals surface area contributed by atoms with Crippen molar-refractivity contribution in [2.24, 2.45) is 0 Å². The van der Waals surface area contributed by atoms with E-state index in [4.69, 9.17) is 0 Å². The Morgan fingerprint density at radius 2 is 1.85 bits per heavy atom. The number of carbonyl (C=O) groups is 3. The molecule has 0 radical (unpaired) electrons. The lowest BCUT2D eigenvalue weighted by molar-refractivity contribution is -0.128. The van der Waals surface area contributed by atoms with Gasteiger partial charge in [0.05, 0.1) is 0 Å². The van der Waals surface area contributed by atoms with Gasteiger partial charge in [-0.3, -0.25) is 14.5 Å². The first-order chi connectivity index (χ1) is 12.6. The van der Waals surface area contributed by atoms with E-state index in [-0.39, 0.29) is 23.9 Å². The molecule has 0 spiro atoms. The third-order valence-corrected chi connectivity index (χ3v) is 5.50. The molecule has 3 aliphatic rings. The number of rotatable bonds is 7. The molecule has 2 aliphatic heterocycles. The van der Waals surface area contributed by atoms with Crippen molar-refractivity contribution in [3.05, 3.63) is 35.4 Å². The van der Waals surface area contributed by atoms with Crippen LogP contribution in [0.1, 0.15) is 49.7 Å². The molecule has 1 aliphatic carbocycles. The van der Waals surface area contributed by atoms with E-state index in [0.29, 0.717) is 32.0 Å². The number of amides is 4. The number of hydrogen-bond donors (Lipinski definition) is 1. The van der Waals surface area contributed by atoms with Gasteiger partial charge >= 0.3 is 6.03 Å². The van der Waals surface area contributed by atoms with E-state index in [1.807, 2.05) is 24.3 Å². The van der Waals surface area contributed by atoms with Gasteiger partial charge in [0.1, 0.15) is 6.04 Å². The molecule has 2 fully saturated rings. The van der Waals surface area contributed by atoms with Crippen molar-refractivity contribution in [1.82, 2.24) is 15.1 Å². The Labute approximate surface area is 153 Å². The standard InChI is InChI=1S/C20H25N3O3/c24-18(21-16-9-10-16)8-2-1-5-11-22-19(25)17-12-14-6-3-4-7-15(14)13-23(17)20(22)26/h3-4,6-7,16-17H,1-2,5,8-13H2,(H,21,24). The maximum absolute atomic E-state index is 12.7. The van der Waals surface area contributed by atoms with Gasteiger partial charge in [-0.1, -0.05) is 30.7 Å². The number of benzene rings is 1. The summed E-state index contributed by atoms with van der Waals surface area (Å²) < 4.78 is 0. The summed E-state index contributed by atoms with van der Waals surface area (Å²) in [6, 6.07) is 7.91. The summed E-state index contributed by atoms with van der Waals surface area (Å²) in [7, 11) is 0. The molecule has 4 rings (SSSR count). The second kappa shape index (κ2) is 7.09. The lowest BCUT2D eigenvalue weighted by atomic mass is 9.95. The number of nitrogens with one attached hydrogen (secondary N) is 1. The van der Waals surface area contributed by atoms with Crippen molar-refractivity contribution >= 4 is 17.8 Å². The number of imide groups is 1. The van der Waals surface area contributed by atoms with Crippen LogP contribution in [0.5, 0.6) is 0 Å². The number of hydrogen-bond acceptors (Lipinski definition) is 3. The zero-order valence-corrected chi connectivity index (χ0v) is 14.9. The Kier molecular flexibility index (Phi) is 4.66. The van der Waals surface area contributed by atoms with Gasteiger partial charge in [0, 0.05) is 32.0 Å². The second-order valence-corrected chi connectivity index (χ2v) is 7.54. The highest BCUT2D eigenvalue weighted by Gasteiger charge is 2.46. The highest BCUT2D eigenvalue weighted by atomic mass is 16.2. The van der Waals surface area contributed by atoms with Gasteiger partial charge in [-0.2, -0.15) is 0 Å². The molecule has 6 heteroatoms. The molecule has 6 nitrogen and oxygen atoms in total. The summed E-state index contributed by atoms with van der Waals surface area (Å²) in [5.74, 6) is 0.0479. The van der Waals surface area contributed by atoms with E-state index in [1.54, 1.807) is 4.90 Å². The fraction of sp³-hybridized carbons (Fsp3) is 0.550. The third-order valence-electron chi connectivity index (χ3n) is 5.50. The van der Waals surface area contributed by atoms with E-state index in [9.17, 15) is 14.4 Å². The van der Waals surface area contributed by atoms with E-state index < -0.39 is 0 Å². The average molecular weight is 355 g/mol. The zero-order chi connectivity index (χ0) is 18.1. The number of unbranched alkanes of at least 4 members (excludes halogenated alkanes) is 2. The zero-order valence-electron chi connectivity index (χ0n) is 14.9. The number of carbonyl (C=O) groups excluding carboxylic acids is 3. The van der Waals surface area contributed by atoms with Gasteiger partial charge < -0.3 is 10.2 Å². The van der Waals surface area contributed by atoms with Gasteiger partial charge in [0.15, 0.2) is 0 Å². The Morgan fingerprint density at radius 1 is 1.08 bits per heavy atom. The number of nitrogens with zero attached hydrogens (tertiary/aromatic N) is 2. The monoisotopic (exact) mass is 355 g/mol. The number of fused-ring (bicyclic) bond motifs is 2. The first kappa shape index (κ1) is 17.1. The molecule has 2 heterocycles. The fourth-order valence-corrected chi connectivity index (χ4v) is 3.84. The molecule has 1 aromatic carbocycles. The van der Waals surface area contributed by atoms with E-state index in [1.165, 1.54) is 10.5 Å². The summed E-state index contributed by atoms with van der Waals surface area (Å²) in [6.07, 6.45) is 5.75. The summed E-state index contributed by atoms with van der Waals surface area (Å²) in [6.45, 7) is 0.967. The lowest BCUT2D eigenvalue weighted by Crippen LogP contribution is -2.39. The van der Waals surface area contributed by atoms with Crippen molar-refractivity contribution < 1.29 is 14.4 Å². The van der Waals surface area contributed by atoms with Crippen LogP contribution in [-0.2, 0) is 22.6 Å². The minimum atomic E-state index is -0.346. The molecule has 1 N–H and O–H groups in total. The van der Waals surface area contributed by atoms with Crippen LogP contribution in [0.25, 0.3) is 0 Å². The molecule has 1 unspecified atom stereocenters. The van der Waals surface area contributed by atoms with Crippen LogP contribution in [0.3, 0.4) is 0 Å². The van der Waals surface area contributed by atoms with E-state index in [0.717, 1.165) is 37.7 Å². The maximum Gasteiger partial charge on any atom is 0.327 e. The molecule has 26 heavy (non-hydrogen) atoms. The summed E-state index contributed by atoms with van der Waals surface area (Å²) >= 11 is 0. The van der Waals surface area contributed by atoms with Crippen LogP contribution >= 0.6 is 0 Å². The molecule has 1 aromatic rings. The minimum Gasteiger partial charge on any atom is -0.353 e. The predicted octanol–water partition coefficient (Wildman–Crippen LogP) is 2.21. The Balaban J connectivity index is 1.25. The molecule has 1 saturated heterocycles.